The van der Waals surface area contributed by atoms with Gasteiger partial charge in [-0.15, -0.1) is 0 Å². The van der Waals surface area contributed by atoms with Crippen LogP contribution in [0.25, 0.3) is 0 Å². The van der Waals surface area contributed by atoms with E-state index in [1.807, 2.05) is 0 Å². The van der Waals surface area contributed by atoms with Gasteiger partial charge in [-0.1, -0.05) is 0 Å². The van der Waals surface area contributed by atoms with E-state index in [2.05, 4.69) is 37.9 Å². The third-order valence-electron chi connectivity index (χ3n) is 2.57. The summed E-state index contributed by atoms with van der Waals surface area (Å²) in [6.45, 7) is -1.08. The van der Waals surface area contributed by atoms with Crippen LogP contribution in [-0.2, 0) is 9.53 Å². The molecule has 18 heavy (non-hydrogen) atoms. The highest BCUT2D eigenvalue weighted by Gasteiger charge is 2.28. The van der Waals surface area contributed by atoms with Crippen LogP contribution < -0.4 is 0 Å². The van der Waals surface area contributed by atoms with Gasteiger partial charge < -0.3 is 20.1 Å². The highest BCUT2D eigenvalue weighted by atomic mass is 32.2. The van der Waals surface area contributed by atoms with E-state index in [0.717, 1.165) is 0 Å². The van der Waals surface area contributed by atoms with Crippen molar-refractivity contribution < 1.29 is 24.9 Å². The SMILES string of the molecule is O=C(CCC(S)(S)S)OCCC(CO)(CO)CO. The van der Waals surface area contributed by atoms with Crippen LogP contribution in [0.3, 0.4) is 0 Å². The maximum atomic E-state index is 11.3. The molecule has 0 saturated carbocycles. The number of hydrogen-bond donors (Lipinski definition) is 6. The highest BCUT2D eigenvalue weighted by molar-refractivity contribution is 8.16. The van der Waals surface area contributed by atoms with Crippen molar-refractivity contribution in [3.05, 3.63) is 0 Å². The van der Waals surface area contributed by atoms with Crippen LogP contribution >= 0.6 is 37.9 Å². The first-order chi connectivity index (χ1) is 8.28. The molecule has 108 valence electrons. The van der Waals surface area contributed by atoms with Crippen LogP contribution in [0.15, 0.2) is 0 Å². The molecule has 0 fully saturated rings. The summed E-state index contributed by atoms with van der Waals surface area (Å²) in [5.74, 6) is -0.431. The lowest BCUT2D eigenvalue weighted by molar-refractivity contribution is -0.145. The van der Waals surface area contributed by atoms with E-state index in [1.54, 1.807) is 0 Å². The molecule has 0 spiro atoms. The monoisotopic (exact) mass is 316 g/mol. The summed E-state index contributed by atoms with van der Waals surface area (Å²) in [4.78, 5) is 11.3. The summed E-state index contributed by atoms with van der Waals surface area (Å²) in [5.41, 5.74) is -1.01. The lowest BCUT2D eigenvalue weighted by Gasteiger charge is -2.26. The standard InChI is InChI=1S/C10H20O5S3/c11-5-9(6-12,7-13)3-4-15-8(14)1-2-10(16,17)18/h11-13,16-18H,1-7H2. The maximum absolute atomic E-state index is 11.3. The van der Waals surface area contributed by atoms with Gasteiger partial charge >= 0.3 is 5.97 Å². The quantitative estimate of drug-likeness (QED) is 0.206. The normalized spacial score (nSPS) is 12.6. The summed E-state index contributed by atoms with van der Waals surface area (Å²) < 4.78 is 4.10. The molecular weight excluding hydrogens is 296 g/mol. The number of hydrogen-bond acceptors (Lipinski definition) is 8. The molecule has 5 nitrogen and oxygen atoms in total. The fourth-order valence-electron chi connectivity index (χ4n) is 1.11. The Morgan fingerprint density at radius 3 is 1.89 bits per heavy atom. The summed E-state index contributed by atoms with van der Waals surface area (Å²) in [6, 6.07) is 0. The molecule has 0 rings (SSSR count). The van der Waals surface area contributed by atoms with Gasteiger partial charge in [0.1, 0.15) is 0 Å². The molecule has 0 saturated heterocycles. The second-order valence-electron chi connectivity index (χ2n) is 4.22. The fourth-order valence-corrected chi connectivity index (χ4v) is 1.45. The number of carbonyl (C=O) groups is 1. The van der Waals surface area contributed by atoms with Crippen molar-refractivity contribution in [2.75, 3.05) is 26.4 Å². The second-order valence-corrected chi connectivity index (χ2v) is 7.57. The number of thiol groups is 3. The second kappa shape index (κ2) is 8.55. The van der Waals surface area contributed by atoms with Gasteiger partial charge in [0.05, 0.1) is 29.8 Å². The molecule has 0 atom stereocenters. The van der Waals surface area contributed by atoms with Crippen molar-refractivity contribution in [1.29, 1.82) is 0 Å². The van der Waals surface area contributed by atoms with Crippen molar-refractivity contribution in [1.82, 2.24) is 0 Å². The number of esters is 1. The zero-order valence-electron chi connectivity index (χ0n) is 9.95. The minimum Gasteiger partial charge on any atom is -0.466 e. The molecular formula is C10H20O5S3. The lowest BCUT2D eigenvalue weighted by atomic mass is 9.88. The van der Waals surface area contributed by atoms with Gasteiger partial charge in [0.25, 0.3) is 0 Å². The van der Waals surface area contributed by atoms with E-state index < -0.39 is 14.8 Å². The van der Waals surface area contributed by atoms with E-state index in [0.29, 0.717) is 6.42 Å². The molecule has 8 heteroatoms. The average Bonchev–Trinajstić information content (AvgIpc) is 2.32. The molecule has 0 aliphatic heterocycles. The first-order valence-corrected chi connectivity index (χ1v) is 6.78. The van der Waals surface area contributed by atoms with Gasteiger partial charge in [-0.2, -0.15) is 37.9 Å². The first kappa shape index (κ1) is 18.4. The van der Waals surface area contributed by atoms with E-state index in [4.69, 9.17) is 20.1 Å². The van der Waals surface area contributed by atoms with Crippen LogP contribution in [0.4, 0.5) is 0 Å². The van der Waals surface area contributed by atoms with E-state index in [9.17, 15) is 4.79 Å². The molecule has 0 unspecified atom stereocenters. The Kier molecular flexibility index (Phi) is 8.74. The van der Waals surface area contributed by atoms with Crippen molar-refractivity contribution in [3.63, 3.8) is 0 Å². The zero-order valence-corrected chi connectivity index (χ0v) is 12.6. The van der Waals surface area contributed by atoms with E-state index in [-0.39, 0.29) is 39.3 Å². The van der Waals surface area contributed by atoms with Crippen LogP contribution in [0.5, 0.6) is 0 Å². The predicted molar refractivity (Wildman–Crippen MR) is 78.2 cm³/mol. The van der Waals surface area contributed by atoms with Crippen LogP contribution in [0.1, 0.15) is 19.3 Å². The van der Waals surface area contributed by atoms with Crippen molar-refractivity contribution in [2.45, 2.75) is 22.7 Å². The largest absolute Gasteiger partial charge is 0.466 e. The van der Waals surface area contributed by atoms with Gasteiger partial charge in [0.2, 0.25) is 0 Å². The molecule has 0 heterocycles. The first-order valence-electron chi connectivity index (χ1n) is 5.44. The Morgan fingerprint density at radius 2 is 1.50 bits per heavy atom. The number of aliphatic hydroxyl groups is 3. The number of carbonyl (C=O) groups excluding carboxylic acids is 1. The van der Waals surface area contributed by atoms with Gasteiger partial charge in [-0.3, -0.25) is 4.79 Å². The Morgan fingerprint density at radius 1 is 1.00 bits per heavy atom. The Bertz CT molecular complexity index is 242. The summed E-state index contributed by atoms with van der Waals surface area (Å²) in [5, 5.41) is 27.2. The number of ether oxygens (including phenoxy) is 1. The van der Waals surface area contributed by atoms with Crippen molar-refractivity contribution in [2.24, 2.45) is 5.41 Å². The molecule has 0 aliphatic carbocycles. The lowest BCUT2D eigenvalue weighted by Crippen LogP contribution is -2.35. The summed E-state index contributed by atoms with van der Waals surface area (Å²) in [7, 11) is 0. The molecule has 3 N–H and O–H groups in total. The smallest absolute Gasteiger partial charge is 0.305 e. The summed E-state index contributed by atoms with van der Waals surface area (Å²) in [6.07, 6.45) is 0.656. The van der Waals surface area contributed by atoms with Crippen LogP contribution in [-0.4, -0.2) is 51.1 Å². The van der Waals surface area contributed by atoms with Gasteiger partial charge in [-0.05, 0) is 12.8 Å². The minimum atomic E-state index is -1.01. The third kappa shape index (κ3) is 7.75. The molecule has 0 aromatic carbocycles. The molecule has 0 aromatic heterocycles. The van der Waals surface area contributed by atoms with Crippen molar-refractivity contribution in [3.8, 4) is 0 Å². The fraction of sp³-hybridized carbons (Fsp3) is 0.900. The Balaban J connectivity index is 3.93. The average molecular weight is 316 g/mol. The van der Waals surface area contributed by atoms with E-state index in [1.165, 1.54) is 0 Å². The van der Waals surface area contributed by atoms with Gasteiger partial charge in [-0.25, -0.2) is 0 Å². The van der Waals surface area contributed by atoms with Crippen LogP contribution in [0, 0.1) is 5.41 Å². The molecule has 0 aromatic rings. The van der Waals surface area contributed by atoms with Gasteiger partial charge in [0, 0.05) is 11.8 Å². The predicted octanol–water partition coefficient (Wildman–Crippen LogP) is 0.106. The molecule has 0 amide bonds. The maximum Gasteiger partial charge on any atom is 0.305 e. The number of rotatable bonds is 9. The van der Waals surface area contributed by atoms with Crippen LogP contribution in [0.2, 0.25) is 0 Å². The minimum absolute atomic E-state index is 0.0270. The van der Waals surface area contributed by atoms with Gasteiger partial charge in [0.15, 0.2) is 0 Å². The zero-order chi connectivity index (χ0) is 14.2. The van der Waals surface area contributed by atoms with E-state index >= 15 is 0 Å². The topological polar surface area (TPSA) is 87.0 Å². The Labute approximate surface area is 123 Å². The number of aliphatic hydroxyl groups excluding tert-OH is 3. The molecule has 0 aliphatic rings. The third-order valence-corrected chi connectivity index (χ3v) is 3.24. The van der Waals surface area contributed by atoms with Crippen molar-refractivity contribution >= 4 is 43.9 Å². The Hall–Kier alpha value is 0.400. The molecule has 0 bridgehead atoms. The highest BCUT2D eigenvalue weighted by Crippen LogP contribution is 2.29. The molecule has 0 radical (unpaired) electrons. The summed E-state index contributed by atoms with van der Waals surface area (Å²) >= 11 is 12.1.